The Hall–Kier alpha value is -3.19. The first-order valence-corrected chi connectivity index (χ1v) is 10.5. The van der Waals surface area contributed by atoms with Crippen molar-refractivity contribution in [3.63, 3.8) is 0 Å². The Kier molecular flexibility index (Phi) is 5.57. The van der Waals surface area contributed by atoms with Crippen LogP contribution in [0.1, 0.15) is 29.8 Å². The SMILES string of the molecule is Cc1cccc(-c2nc3cnccn3c2NCCC(=O)NC(C)c2cccs2)c1. The third-order valence-corrected chi connectivity index (χ3v) is 5.77. The van der Waals surface area contributed by atoms with E-state index in [0.29, 0.717) is 13.0 Å². The molecule has 1 atom stereocenters. The van der Waals surface area contributed by atoms with Crippen molar-refractivity contribution in [2.75, 3.05) is 11.9 Å². The van der Waals surface area contributed by atoms with Crippen molar-refractivity contribution in [3.8, 4) is 11.3 Å². The minimum atomic E-state index is 0.0194. The van der Waals surface area contributed by atoms with E-state index in [2.05, 4.69) is 34.7 Å². The number of fused-ring (bicyclic) bond motifs is 1. The lowest BCUT2D eigenvalue weighted by atomic mass is 10.1. The van der Waals surface area contributed by atoms with Gasteiger partial charge in [-0.3, -0.25) is 14.2 Å². The number of hydrogen-bond acceptors (Lipinski definition) is 5. The van der Waals surface area contributed by atoms with Crippen molar-refractivity contribution < 1.29 is 4.79 Å². The highest BCUT2D eigenvalue weighted by Crippen LogP contribution is 2.29. The molecular weight excluding hydrogens is 382 g/mol. The molecule has 0 aliphatic rings. The van der Waals surface area contributed by atoms with E-state index < -0.39 is 0 Å². The molecule has 0 spiro atoms. The third-order valence-electron chi connectivity index (χ3n) is 4.71. The first-order chi connectivity index (χ1) is 14.1. The summed E-state index contributed by atoms with van der Waals surface area (Å²) in [5.41, 5.74) is 3.83. The number of rotatable bonds is 7. The minimum absolute atomic E-state index is 0.0194. The zero-order chi connectivity index (χ0) is 20.2. The van der Waals surface area contributed by atoms with Crippen LogP contribution in [0.2, 0.25) is 0 Å². The van der Waals surface area contributed by atoms with Gasteiger partial charge in [0.05, 0.1) is 12.2 Å². The van der Waals surface area contributed by atoms with Gasteiger partial charge in [-0.2, -0.15) is 0 Å². The lowest BCUT2D eigenvalue weighted by Crippen LogP contribution is -2.27. The molecule has 29 heavy (non-hydrogen) atoms. The molecule has 0 fully saturated rings. The summed E-state index contributed by atoms with van der Waals surface area (Å²) in [4.78, 5) is 22.4. The van der Waals surface area contributed by atoms with Gasteiger partial charge in [-0.25, -0.2) is 4.98 Å². The van der Waals surface area contributed by atoms with Gasteiger partial charge in [-0.05, 0) is 31.4 Å². The second-order valence-corrected chi connectivity index (χ2v) is 7.94. The maximum atomic E-state index is 12.4. The molecule has 4 rings (SSSR count). The molecule has 1 amide bonds. The fourth-order valence-electron chi connectivity index (χ4n) is 3.29. The highest BCUT2D eigenvalue weighted by molar-refractivity contribution is 7.10. The molecule has 3 heterocycles. The summed E-state index contributed by atoms with van der Waals surface area (Å²) in [7, 11) is 0. The molecule has 2 N–H and O–H groups in total. The molecule has 148 valence electrons. The fourth-order valence-corrected chi connectivity index (χ4v) is 4.02. The van der Waals surface area contributed by atoms with Crippen molar-refractivity contribution in [1.82, 2.24) is 19.7 Å². The standard InChI is InChI=1S/C22H23N5OS/c1-15-5-3-6-17(13-15)21-22(27-11-10-23-14-19(27)26-21)24-9-8-20(28)25-16(2)18-7-4-12-29-18/h3-7,10-14,16,24H,8-9H2,1-2H3,(H,25,28). The smallest absolute Gasteiger partial charge is 0.222 e. The van der Waals surface area contributed by atoms with Crippen LogP contribution in [-0.4, -0.2) is 26.8 Å². The van der Waals surface area contributed by atoms with Crippen molar-refractivity contribution in [3.05, 3.63) is 70.8 Å². The Morgan fingerprint density at radius 3 is 2.97 bits per heavy atom. The molecule has 6 nitrogen and oxygen atoms in total. The topological polar surface area (TPSA) is 71.3 Å². The number of carbonyl (C=O) groups excluding carboxylic acids is 1. The number of anilines is 1. The normalized spacial score (nSPS) is 12.1. The predicted octanol–water partition coefficient (Wildman–Crippen LogP) is 4.45. The third kappa shape index (κ3) is 4.30. The lowest BCUT2D eigenvalue weighted by Gasteiger charge is -2.13. The number of carbonyl (C=O) groups is 1. The van der Waals surface area contributed by atoms with Crippen LogP contribution < -0.4 is 10.6 Å². The van der Waals surface area contributed by atoms with E-state index in [1.807, 2.05) is 47.2 Å². The molecular formula is C22H23N5OS. The van der Waals surface area contributed by atoms with Crippen molar-refractivity contribution >= 4 is 28.7 Å². The van der Waals surface area contributed by atoms with Gasteiger partial charge in [-0.1, -0.05) is 29.8 Å². The average Bonchev–Trinajstić information content (AvgIpc) is 3.36. The summed E-state index contributed by atoms with van der Waals surface area (Å²) in [6.45, 7) is 4.58. The van der Waals surface area contributed by atoms with Crippen LogP contribution in [0.25, 0.3) is 16.9 Å². The van der Waals surface area contributed by atoms with Crippen molar-refractivity contribution in [2.24, 2.45) is 0 Å². The van der Waals surface area contributed by atoms with Gasteiger partial charge in [0.1, 0.15) is 11.5 Å². The van der Waals surface area contributed by atoms with Crippen molar-refractivity contribution in [1.29, 1.82) is 0 Å². The van der Waals surface area contributed by atoms with E-state index in [1.54, 1.807) is 23.7 Å². The maximum Gasteiger partial charge on any atom is 0.222 e. The first-order valence-electron chi connectivity index (χ1n) is 9.57. The molecule has 1 aromatic carbocycles. The maximum absolute atomic E-state index is 12.4. The summed E-state index contributed by atoms with van der Waals surface area (Å²) in [5.74, 6) is 0.887. The zero-order valence-electron chi connectivity index (χ0n) is 16.4. The molecule has 0 saturated heterocycles. The molecule has 0 bridgehead atoms. The minimum Gasteiger partial charge on any atom is -0.369 e. The van der Waals surface area contributed by atoms with E-state index in [1.165, 1.54) is 5.56 Å². The average molecular weight is 406 g/mol. The molecule has 1 unspecified atom stereocenters. The number of nitrogens with zero attached hydrogens (tertiary/aromatic N) is 3. The monoisotopic (exact) mass is 405 g/mol. The van der Waals surface area contributed by atoms with E-state index in [4.69, 9.17) is 4.98 Å². The molecule has 4 aromatic rings. The number of amides is 1. The van der Waals surface area contributed by atoms with Crippen molar-refractivity contribution in [2.45, 2.75) is 26.3 Å². The highest BCUT2D eigenvalue weighted by atomic mass is 32.1. The lowest BCUT2D eigenvalue weighted by molar-refractivity contribution is -0.121. The number of imidazole rings is 1. The summed E-state index contributed by atoms with van der Waals surface area (Å²) in [6, 6.07) is 12.3. The van der Waals surface area contributed by atoms with Gasteiger partial charge in [0.2, 0.25) is 5.91 Å². The fraction of sp³-hybridized carbons (Fsp3) is 0.227. The Balaban J connectivity index is 1.49. The van der Waals surface area contributed by atoms with Crippen LogP contribution in [0.4, 0.5) is 5.82 Å². The number of thiophene rings is 1. The predicted molar refractivity (Wildman–Crippen MR) is 117 cm³/mol. The molecule has 0 saturated carbocycles. The molecule has 0 radical (unpaired) electrons. The zero-order valence-corrected chi connectivity index (χ0v) is 17.2. The van der Waals surface area contributed by atoms with Crippen LogP contribution >= 0.6 is 11.3 Å². The van der Waals surface area contributed by atoms with Gasteiger partial charge in [0.15, 0.2) is 5.65 Å². The number of benzene rings is 1. The molecule has 0 aliphatic carbocycles. The van der Waals surface area contributed by atoms with E-state index in [9.17, 15) is 4.79 Å². The van der Waals surface area contributed by atoms with Gasteiger partial charge in [0.25, 0.3) is 0 Å². The molecule has 3 aromatic heterocycles. The number of aryl methyl sites for hydroxylation is 1. The largest absolute Gasteiger partial charge is 0.369 e. The number of nitrogens with one attached hydrogen (secondary N) is 2. The van der Waals surface area contributed by atoms with Gasteiger partial charge < -0.3 is 10.6 Å². The Labute approximate surface area is 173 Å². The van der Waals surface area contributed by atoms with Gasteiger partial charge >= 0.3 is 0 Å². The van der Waals surface area contributed by atoms with E-state index >= 15 is 0 Å². The number of hydrogen-bond donors (Lipinski definition) is 2. The summed E-state index contributed by atoms with van der Waals surface area (Å²) in [5, 5.41) is 8.48. The molecule has 0 aliphatic heterocycles. The Morgan fingerprint density at radius 2 is 2.17 bits per heavy atom. The summed E-state index contributed by atoms with van der Waals surface area (Å²) >= 11 is 1.65. The van der Waals surface area contributed by atoms with E-state index in [-0.39, 0.29) is 11.9 Å². The van der Waals surface area contributed by atoms with Crippen LogP contribution in [0, 0.1) is 6.92 Å². The Morgan fingerprint density at radius 1 is 1.28 bits per heavy atom. The Bertz CT molecular complexity index is 1120. The highest BCUT2D eigenvalue weighted by Gasteiger charge is 2.15. The van der Waals surface area contributed by atoms with Crippen LogP contribution in [-0.2, 0) is 4.79 Å². The van der Waals surface area contributed by atoms with Crippen LogP contribution in [0.15, 0.2) is 60.4 Å². The second kappa shape index (κ2) is 8.45. The summed E-state index contributed by atoms with van der Waals surface area (Å²) < 4.78 is 1.97. The quantitative estimate of drug-likeness (QED) is 0.477. The summed E-state index contributed by atoms with van der Waals surface area (Å²) in [6.07, 6.45) is 5.72. The van der Waals surface area contributed by atoms with E-state index in [0.717, 1.165) is 27.6 Å². The van der Waals surface area contributed by atoms with Crippen LogP contribution in [0.5, 0.6) is 0 Å². The molecule has 7 heteroatoms. The number of aromatic nitrogens is 3. The van der Waals surface area contributed by atoms with Gasteiger partial charge in [0, 0.05) is 35.8 Å². The second-order valence-electron chi connectivity index (χ2n) is 6.96. The van der Waals surface area contributed by atoms with Gasteiger partial charge in [-0.15, -0.1) is 11.3 Å². The first kappa shape index (κ1) is 19.1. The van der Waals surface area contributed by atoms with Crippen LogP contribution in [0.3, 0.4) is 0 Å².